The van der Waals surface area contributed by atoms with E-state index in [2.05, 4.69) is 128 Å². The van der Waals surface area contributed by atoms with Crippen molar-refractivity contribution in [2.45, 2.75) is 72.4 Å². The van der Waals surface area contributed by atoms with Crippen LogP contribution in [0.4, 0.5) is 0 Å². The van der Waals surface area contributed by atoms with Crippen molar-refractivity contribution >= 4 is 17.2 Å². The maximum absolute atomic E-state index is 11.3. The molecule has 0 aliphatic heterocycles. The Kier molecular flexibility index (Phi) is 6.89. The zero-order valence-electron chi connectivity index (χ0n) is 21.9. The van der Waals surface area contributed by atoms with Gasteiger partial charge in [0.2, 0.25) is 0 Å². The molecule has 2 heteroatoms. The molecule has 0 bridgehead atoms. The van der Waals surface area contributed by atoms with Gasteiger partial charge in [0.1, 0.15) is 0 Å². The maximum atomic E-state index is 11.3. The molecule has 3 aromatic carbocycles. The summed E-state index contributed by atoms with van der Waals surface area (Å²) < 4.78 is 0. The number of phenolic OH excluding ortho intramolecular Hbond substituents is 1. The Morgan fingerprint density at radius 2 is 1.00 bits per heavy atom. The van der Waals surface area contributed by atoms with Crippen molar-refractivity contribution in [2.24, 2.45) is 0 Å². The van der Waals surface area contributed by atoms with E-state index in [4.69, 9.17) is 0 Å². The molecule has 1 N–H and O–H groups in total. The average Bonchev–Trinajstić information content (AvgIpc) is 2.78. The second kappa shape index (κ2) is 8.92. The Morgan fingerprint density at radius 1 is 0.636 bits per heavy atom. The van der Waals surface area contributed by atoms with Gasteiger partial charge in [-0.3, -0.25) is 0 Å². The molecule has 0 aromatic heterocycles. The normalized spacial score (nSPS) is 14.0. The SMILES string of the molecule is CCP(CC)(Cc1cc(C(C)(C)C)c(O)c(C(C)(C)C)c1)(c1ccccc1)c1ccccc1. The Bertz CT molecular complexity index is 1000. The quantitative estimate of drug-likeness (QED) is 0.372. The van der Waals surface area contributed by atoms with Crippen molar-refractivity contribution in [2.75, 3.05) is 12.3 Å². The van der Waals surface area contributed by atoms with Gasteiger partial charge in [-0.25, -0.2) is 0 Å². The number of aromatic hydroxyl groups is 1. The molecule has 0 saturated carbocycles. The summed E-state index contributed by atoms with van der Waals surface area (Å²) in [4.78, 5) is 0. The molecular formula is C31H43OP. The Labute approximate surface area is 202 Å². The fourth-order valence-electron chi connectivity index (χ4n) is 5.52. The van der Waals surface area contributed by atoms with Crippen LogP contribution in [0.5, 0.6) is 5.75 Å². The molecule has 0 aliphatic rings. The van der Waals surface area contributed by atoms with Crippen LogP contribution < -0.4 is 10.6 Å². The van der Waals surface area contributed by atoms with E-state index in [1.165, 1.54) is 16.2 Å². The minimum atomic E-state index is -2.56. The number of benzene rings is 3. The van der Waals surface area contributed by atoms with Crippen LogP contribution >= 0.6 is 6.60 Å². The van der Waals surface area contributed by atoms with Gasteiger partial charge in [-0.2, -0.15) is 0 Å². The Morgan fingerprint density at radius 3 is 1.30 bits per heavy atom. The molecular weight excluding hydrogens is 419 g/mol. The van der Waals surface area contributed by atoms with Crippen molar-refractivity contribution in [3.8, 4) is 5.75 Å². The van der Waals surface area contributed by atoms with E-state index in [0.717, 1.165) is 29.6 Å². The summed E-state index contributed by atoms with van der Waals surface area (Å²) in [5, 5.41) is 14.3. The number of hydrogen-bond acceptors (Lipinski definition) is 1. The van der Waals surface area contributed by atoms with E-state index in [1.807, 2.05) is 0 Å². The van der Waals surface area contributed by atoms with Crippen molar-refractivity contribution in [3.63, 3.8) is 0 Å². The van der Waals surface area contributed by atoms with Crippen LogP contribution in [0.1, 0.15) is 72.1 Å². The van der Waals surface area contributed by atoms with E-state index < -0.39 is 6.60 Å². The van der Waals surface area contributed by atoms with Crippen LogP contribution in [0.2, 0.25) is 0 Å². The van der Waals surface area contributed by atoms with Gasteiger partial charge in [-0.15, -0.1) is 0 Å². The van der Waals surface area contributed by atoms with Gasteiger partial charge in [0.25, 0.3) is 0 Å². The van der Waals surface area contributed by atoms with E-state index in [1.54, 1.807) is 0 Å². The number of phenols is 1. The summed E-state index contributed by atoms with van der Waals surface area (Å²) >= 11 is 0. The molecule has 3 aromatic rings. The van der Waals surface area contributed by atoms with E-state index >= 15 is 0 Å². The first-order valence-electron chi connectivity index (χ1n) is 12.4. The van der Waals surface area contributed by atoms with Gasteiger partial charge in [0, 0.05) is 0 Å². The number of hydrogen-bond donors (Lipinski definition) is 1. The minimum absolute atomic E-state index is 0.130. The summed E-state index contributed by atoms with van der Waals surface area (Å²) in [6, 6.07) is 27.1. The summed E-state index contributed by atoms with van der Waals surface area (Å²) in [6.45, 7) is 15.4. The zero-order valence-corrected chi connectivity index (χ0v) is 22.8. The average molecular weight is 463 g/mol. The van der Waals surface area contributed by atoms with Crippen LogP contribution in [-0.2, 0) is 17.0 Å². The zero-order chi connectivity index (χ0) is 24.5. The van der Waals surface area contributed by atoms with E-state index in [9.17, 15) is 5.11 Å². The third-order valence-corrected chi connectivity index (χ3v) is 15.2. The number of rotatable bonds is 6. The molecule has 0 amide bonds. The second-order valence-electron chi connectivity index (χ2n) is 11.7. The van der Waals surface area contributed by atoms with Crippen molar-refractivity contribution in [3.05, 3.63) is 89.5 Å². The van der Waals surface area contributed by atoms with Gasteiger partial charge >= 0.3 is 202 Å². The van der Waals surface area contributed by atoms with Crippen LogP contribution in [-0.4, -0.2) is 17.4 Å². The first-order valence-corrected chi connectivity index (χ1v) is 15.2. The predicted octanol–water partition coefficient (Wildman–Crippen LogP) is 7.73. The molecule has 1 nitrogen and oxygen atoms in total. The van der Waals surface area contributed by atoms with Crippen LogP contribution in [0.25, 0.3) is 0 Å². The second-order valence-corrected chi connectivity index (χ2v) is 17.8. The molecule has 0 fully saturated rings. The Hall–Kier alpha value is -2.11. The summed E-state index contributed by atoms with van der Waals surface area (Å²) in [7, 11) is 0. The molecule has 0 spiro atoms. The molecule has 0 aliphatic carbocycles. The molecule has 33 heavy (non-hydrogen) atoms. The fourth-order valence-corrected chi connectivity index (χ4v) is 11.5. The molecule has 0 radical (unpaired) electrons. The summed E-state index contributed by atoms with van der Waals surface area (Å²) in [5.41, 5.74) is 3.18. The van der Waals surface area contributed by atoms with Crippen LogP contribution in [0.15, 0.2) is 72.8 Å². The van der Waals surface area contributed by atoms with Crippen molar-refractivity contribution in [1.29, 1.82) is 0 Å². The van der Waals surface area contributed by atoms with Crippen molar-refractivity contribution in [1.82, 2.24) is 0 Å². The van der Waals surface area contributed by atoms with Gasteiger partial charge in [-0.05, 0) is 0 Å². The molecule has 3 rings (SSSR count). The fraction of sp³-hybridized carbons (Fsp3) is 0.419. The molecule has 0 saturated heterocycles. The Balaban J connectivity index is 2.39. The first kappa shape index (κ1) is 25.5. The van der Waals surface area contributed by atoms with E-state index in [0.29, 0.717) is 5.75 Å². The molecule has 0 heterocycles. The standard InChI is InChI=1S/C31H43OP/c1-9-33(10-2,25-17-13-11-14-18-25,26-19-15-12-16-20-26)23-24-21-27(30(3,4)5)29(32)28(22-24)31(6,7)8/h11-22,32H,9-10,23H2,1-8H3. The van der Waals surface area contributed by atoms with Crippen LogP contribution in [0, 0.1) is 0 Å². The van der Waals surface area contributed by atoms with E-state index in [-0.39, 0.29) is 10.8 Å². The summed E-state index contributed by atoms with van der Waals surface area (Å²) in [6.07, 6.45) is 3.25. The molecule has 178 valence electrons. The summed E-state index contributed by atoms with van der Waals surface area (Å²) in [5.74, 6) is 0.464. The topological polar surface area (TPSA) is 20.2 Å². The molecule has 0 unspecified atom stereocenters. The third-order valence-electron chi connectivity index (χ3n) is 7.74. The predicted molar refractivity (Wildman–Crippen MR) is 149 cm³/mol. The third kappa shape index (κ3) is 4.50. The van der Waals surface area contributed by atoms with Gasteiger partial charge in [-0.1, -0.05) is 0 Å². The van der Waals surface area contributed by atoms with Crippen molar-refractivity contribution < 1.29 is 5.11 Å². The van der Waals surface area contributed by atoms with Gasteiger partial charge in [0.05, 0.1) is 0 Å². The first-order chi connectivity index (χ1) is 15.4. The molecule has 0 atom stereocenters. The van der Waals surface area contributed by atoms with Crippen LogP contribution in [0.3, 0.4) is 0 Å². The monoisotopic (exact) mass is 462 g/mol. The van der Waals surface area contributed by atoms with Gasteiger partial charge in [0.15, 0.2) is 0 Å². The van der Waals surface area contributed by atoms with Gasteiger partial charge < -0.3 is 0 Å².